The van der Waals surface area contributed by atoms with Crippen LogP contribution in [0.2, 0.25) is 0 Å². The lowest BCUT2D eigenvalue weighted by Crippen LogP contribution is -2.38. The van der Waals surface area contributed by atoms with E-state index in [1.165, 1.54) is 25.0 Å². The first kappa shape index (κ1) is 14.8. The molecule has 4 nitrogen and oxygen atoms in total. The highest BCUT2D eigenvalue weighted by atomic mass is 16.3. The van der Waals surface area contributed by atoms with Crippen LogP contribution in [-0.2, 0) is 19.7 Å². The molecule has 2 aliphatic rings. The summed E-state index contributed by atoms with van der Waals surface area (Å²) in [6.45, 7) is 11.1. The number of fused-ring (bicyclic) bond motifs is 1. The SMILES string of the molecule is CC1=C(CN2CCn3nc(CO)cc3C2)C(C)(C)CCC1. The third-order valence-corrected chi connectivity index (χ3v) is 5.16. The molecule has 2 heterocycles. The van der Waals surface area contributed by atoms with Gasteiger partial charge in [-0.05, 0) is 37.7 Å². The summed E-state index contributed by atoms with van der Waals surface area (Å²) in [6, 6.07) is 2.04. The van der Waals surface area contributed by atoms with Crippen molar-refractivity contribution < 1.29 is 5.11 Å². The fourth-order valence-electron chi connectivity index (χ4n) is 3.84. The molecule has 0 fully saturated rings. The molecular weight excluding hydrogens is 262 g/mol. The Labute approximate surface area is 127 Å². The van der Waals surface area contributed by atoms with E-state index in [-0.39, 0.29) is 6.61 Å². The molecule has 0 bridgehead atoms. The number of aromatic nitrogens is 2. The second-order valence-electron chi connectivity index (χ2n) is 7.22. The van der Waals surface area contributed by atoms with E-state index < -0.39 is 0 Å². The van der Waals surface area contributed by atoms with Crippen molar-refractivity contribution in [2.45, 2.75) is 59.7 Å². The van der Waals surface area contributed by atoms with Gasteiger partial charge in [0.25, 0.3) is 0 Å². The number of nitrogens with zero attached hydrogens (tertiary/aromatic N) is 3. The molecule has 0 atom stereocenters. The summed E-state index contributed by atoms with van der Waals surface area (Å²) in [4.78, 5) is 2.53. The van der Waals surface area contributed by atoms with Gasteiger partial charge in [0.1, 0.15) is 0 Å². The highest BCUT2D eigenvalue weighted by molar-refractivity contribution is 5.24. The van der Waals surface area contributed by atoms with E-state index in [1.807, 2.05) is 6.07 Å². The number of aliphatic hydroxyl groups is 1. The highest BCUT2D eigenvalue weighted by Crippen LogP contribution is 2.40. The summed E-state index contributed by atoms with van der Waals surface area (Å²) < 4.78 is 2.05. The lowest BCUT2D eigenvalue weighted by atomic mass is 9.72. The van der Waals surface area contributed by atoms with Crippen LogP contribution in [0.3, 0.4) is 0 Å². The summed E-state index contributed by atoms with van der Waals surface area (Å²) in [6.07, 6.45) is 3.90. The fourth-order valence-corrected chi connectivity index (χ4v) is 3.84. The van der Waals surface area contributed by atoms with E-state index in [1.54, 1.807) is 11.1 Å². The third-order valence-electron chi connectivity index (χ3n) is 5.16. The van der Waals surface area contributed by atoms with Gasteiger partial charge < -0.3 is 5.11 Å². The van der Waals surface area contributed by atoms with Gasteiger partial charge in [0, 0.05) is 19.6 Å². The van der Waals surface area contributed by atoms with Crippen LogP contribution < -0.4 is 0 Å². The van der Waals surface area contributed by atoms with Gasteiger partial charge in [-0.3, -0.25) is 9.58 Å². The van der Waals surface area contributed by atoms with Crippen LogP contribution in [0.15, 0.2) is 17.2 Å². The van der Waals surface area contributed by atoms with E-state index in [4.69, 9.17) is 0 Å². The Morgan fingerprint density at radius 3 is 2.86 bits per heavy atom. The van der Waals surface area contributed by atoms with Gasteiger partial charge in [0.2, 0.25) is 0 Å². The molecule has 0 radical (unpaired) electrons. The molecule has 4 heteroatoms. The zero-order valence-electron chi connectivity index (χ0n) is 13.5. The molecule has 1 aliphatic carbocycles. The Kier molecular flexibility index (Phi) is 3.93. The maximum absolute atomic E-state index is 9.22. The summed E-state index contributed by atoms with van der Waals surface area (Å²) in [5.41, 5.74) is 5.61. The average Bonchev–Trinajstić information content (AvgIpc) is 2.85. The first-order valence-corrected chi connectivity index (χ1v) is 8.07. The maximum atomic E-state index is 9.22. The predicted octanol–water partition coefficient (Wildman–Crippen LogP) is 2.72. The second kappa shape index (κ2) is 5.58. The quantitative estimate of drug-likeness (QED) is 0.870. The molecule has 0 aromatic carbocycles. The lowest BCUT2D eigenvalue weighted by molar-refractivity contribution is 0.207. The van der Waals surface area contributed by atoms with Crippen LogP contribution in [0.1, 0.15) is 51.4 Å². The van der Waals surface area contributed by atoms with E-state index in [9.17, 15) is 5.11 Å². The van der Waals surface area contributed by atoms with Crippen molar-refractivity contribution in [2.75, 3.05) is 13.1 Å². The van der Waals surface area contributed by atoms with Gasteiger partial charge in [-0.25, -0.2) is 0 Å². The zero-order chi connectivity index (χ0) is 15.0. The molecule has 1 aromatic rings. The van der Waals surface area contributed by atoms with Crippen molar-refractivity contribution in [3.63, 3.8) is 0 Å². The zero-order valence-corrected chi connectivity index (χ0v) is 13.5. The van der Waals surface area contributed by atoms with Crippen LogP contribution in [0.5, 0.6) is 0 Å². The normalized spacial score (nSPS) is 22.5. The number of rotatable bonds is 3. The lowest BCUT2D eigenvalue weighted by Gasteiger charge is -2.38. The largest absolute Gasteiger partial charge is 0.390 e. The van der Waals surface area contributed by atoms with Crippen LogP contribution >= 0.6 is 0 Å². The minimum atomic E-state index is 0.0390. The molecular formula is C17H27N3O. The molecule has 1 N–H and O–H groups in total. The molecule has 0 unspecified atom stereocenters. The van der Waals surface area contributed by atoms with Crippen molar-refractivity contribution >= 4 is 0 Å². The van der Waals surface area contributed by atoms with Gasteiger partial charge in [-0.1, -0.05) is 25.0 Å². The van der Waals surface area contributed by atoms with Crippen molar-refractivity contribution in [1.82, 2.24) is 14.7 Å². The van der Waals surface area contributed by atoms with Gasteiger partial charge in [0.15, 0.2) is 0 Å². The topological polar surface area (TPSA) is 41.3 Å². The molecule has 0 saturated heterocycles. The monoisotopic (exact) mass is 289 g/mol. The van der Waals surface area contributed by atoms with Gasteiger partial charge in [-0.15, -0.1) is 0 Å². The van der Waals surface area contributed by atoms with Crippen molar-refractivity contribution in [1.29, 1.82) is 0 Å². The molecule has 21 heavy (non-hydrogen) atoms. The molecule has 0 spiro atoms. The number of hydrogen-bond donors (Lipinski definition) is 1. The summed E-state index contributed by atoms with van der Waals surface area (Å²) in [5.74, 6) is 0. The molecule has 3 rings (SSSR count). The van der Waals surface area contributed by atoms with E-state index in [0.717, 1.165) is 31.9 Å². The Morgan fingerprint density at radius 1 is 1.33 bits per heavy atom. The third kappa shape index (κ3) is 2.92. The van der Waals surface area contributed by atoms with Gasteiger partial charge in [0.05, 0.1) is 24.5 Å². The molecule has 1 aromatic heterocycles. The minimum absolute atomic E-state index is 0.0390. The molecule has 0 saturated carbocycles. The average molecular weight is 289 g/mol. The first-order valence-electron chi connectivity index (χ1n) is 8.07. The summed E-state index contributed by atoms with van der Waals surface area (Å²) >= 11 is 0. The number of aliphatic hydroxyl groups excluding tert-OH is 1. The standard InChI is InChI=1S/C17H27N3O/c1-13-5-4-6-17(2,3)16(13)11-19-7-8-20-15(10-19)9-14(12-21)18-20/h9,21H,4-8,10-12H2,1-3H3. The van der Waals surface area contributed by atoms with Crippen molar-refractivity contribution in [3.8, 4) is 0 Å². The Morgan fingerprint density at radius 2 is 2.14 bits per heavy atom. The van der Waals surface area contributed by atoms with Crippen LogP contribution in [0.4, 0.5) is 0 Å². The van der Waals surface area contributed by atoms with Crippen LogP contribution in [0.25, 0.3) is 0 Å². The Balaban J connectivity index is 1.75. The highest BCUT2D eigenvalue weighted by Gasteiger charge is 2.30. The molecule has 0 amide bonds. The van der Waals surface area contributed by atoms with Crippen LogP contribution in [0, 0.1) is 5.41 Å². The fraction of sp³-hybridized carbons (Fsp3) is 0.706. The minimum Gasteiger partial charge on any atom is -0.390 e. The van der Waals surface area contributed by atoms with E-state index in [2.05, 4.69) is 35.5 Å². The van der Waals surface area contributed by atoms with Gasteiger partial charge >= 0.3 is 0 Å². The van der Waals surface area contributed by atoms with E-state index in [0.29, 0.717) is 5.41 Å². The number of hydrogen-bond acceptors (Lipinski definition) is 3. The number of allylic oxidation sites excluding steroid dienone is 1. The predicted molar refractivity (Wildman–Crippen MR) is 83.8 cm³/mol. The smallest absolute Gasteiger partial charge is 0.0882 e. The molecule has 1 aliphatic heterocycles. The first-order chi connectivity index (χ1) is 9.99. The van der Waals surface area contributed by atoms with E-state index >= 15 is 0 Å². The van der Waals surface area contributed by atoms with Crippen molar-refractivity contribution in [2.24, 2.45) is 5.41 Å². The summed E-state index contributed by atoms with van der Waals surface area (Å²) in [5, 5.41) is 13.6. The molecule has 116 valence electrons. The maximum Gasteiger partial charge on any atom is 0.0882 e. The van der Waals surface area contributed by atoms with Crippen LogP contribution in [-0.4, -0.2) is 32.9 Å². The van der Waals surface area contributed by atoms with Gasteiger partial charge in [-0.2, -0.15) is 5.10 Å². The Bertz CT molecular complexity index is 556. The van der Waals surface area contributed by atoms with Crippen molar-refractivity contribution in [3.05, 3.63) is 28.6 Å². The second-order valence-corrected chi connectivity index (χ2v) is 7.22. The summed E-state index contributed by atoms with van der Waals surface area (Å²) in [7, 11) is 0. The Hall–Kier alpha value is -1.13.